The van der Waals surface area contributed by atoms with Crippen molar-refractivity contribution in [3.05, 3.63) is 388 Å². The lowest BCUT2D eigenvalue weighted by molar-refractivity contribution is 0.670. The summed E-state index contributed by atoms with van der Waals surface area (Å²) < 4.78 is 18.0. The van der Waals surface area contributed by atoms with Crippen molar-refractivity contribution in [2.45, 2.75) is 0 Å². The molecule has 0 saturated carbocycles. The molecule has 6 heterocycles. The first-order valence-electron chi connectivity index (χ1n) is 37.5. The minimum atomic E-state index is 0.518. The first-order valence-corrected chi connectivity index (χ1v) is 37.5. The Morgan fingerprint density at radius 1 is 0.188 bits per heavy atom. The zero-order valence-corrected chi connectivity index (χ0v) is 60.3. The molecule has 0 unspecified atom stereocenters. The van der Waals surface area contributed by atoms with Gasteiger partial charge in [-0.05, 0) is 121 Å². The van der Waals surface area contributed by atoms with E-state index in [1.54, 1.807) is 0 Å². The summed E-state index contributed by atoms with van der Waals surface area (Å²) in [7, 11) is 0. The van der Waals surface area contributed by atoms with Crippen LogP contribution in [0.15, 0.2) is 397 Å². The lowest BCUT2D eigenvalue weighted by Gasteiger charge is -2.12. The van der Waals surface area contributed by atoms with Crippen LogP contribution in [0, 0.1) is 0 Å². The number of rotatable bonds is 12. The lowest BCUT2D eigenvalue weighted by Crippen LogP contribution is -2.06. The normalized spacial score (nSPS) is 11.6. The number of hydrogen-bond donors (Lipinski definition) is 0. The molecule has 0 aliphatic heterocycles. The standard InChI is InChI=1S/2C51H32N4O/c1-4-14-33(15-5-1)35-26-28-37(29-27-35)49-52-50(39-21-12-20-38(32-39)34-16-6-2-7-17-34)54-51(53-49)55-44-24-11-10-22-41(44)42-30-31-43-46-40(36-18-8-3-9-19-36)23-13-25-45(46)56-48(43)47(42)55;1-4-13-33(14-5-1)36-23-25-37(26-24-36)49-52-50(40-20-12-19-38(31-40)34-15-6-2-7-16-34)54-51(53-49)55-45-22-11-10-21-41(45)42-28-29-43-44-32-39(35-17-8-3-9-18-35)27-30-46(44)56-48(43)47(42)55/h2*1-32H. The Morgan fingerprint density at radius 2 is 0.509 bits per heavy atom. The largest absolute Gasteiger partial charge is 0.454 e. The van der Waals surface area contributed by atoms with E-state index in [0.29, 0.717) is 35.2 Å². The van der Waals surface area contributed by atoms with E-state index in [2.05, 4.69) is 361 Å². The molecular formula is C102H64N8O2. The Morgan fingerprint density at radius 3 is 0.973 bits per heavy atom. The topological polar surface area (TPSA) is 113 Å². The zero-order valence-electron chi connectivity index (χ0n) is 60.3. The number of furan rings is 2. The second kappa shape index (κ2) is 27.5. The van der Waals surface area contributed by atoms with Gasteiger partial charge in [0.2, 0.25) is 11.9 Å². The maximum absolute atomic E-state index is 6.88. The Balaban J connectivity index is 0.000000141. The number of hydrogen-bond acceptors (Lipinski definition) is 8. The molecule has 10 heteroatoms. The van der Waals surface area contributed by atoms with Gasteiger partial charge in [0.25, 0.3) is 0 Å². The molecule has 0 fully saturated rings. The van der Waals surface area contributed by atoms with Gasteiger partial charge in [0, 0.05) is 65.3 Å². The van der Waals surface area contributed by atoms with Crippen molar-refractivity contribution in [1.29, 1.82) is 0 Å². The van der Waals surface area contributed by atoms with Crippen LogP contribution in [-0.2, 0) is 0 Å². The van der Waals surface area contributed by atoms with Crippen LogP contribution in [0.4, 0.5) is 0 Å². The second-order valence-corrected chi connectivity index (χ2v) is 28.1. The number of aromatic nitrogens is 8. The number of para-hydroxylation sites is 2. The average molecular weight is 1430 g/mol. The van der Waals surface area contributed by atoms with Crippen molar-refractivity contribution in [2.24, 2.45) is 0 Å². The third kappa shape index (κ3) is 11.6. The quantitative estimate of drug-likeness (QED) is 0.119. The highest BCUT2D eigenvalue weighted by Gasteiger charge is 2.26. The fraction of sp³-hybridized carbons (Fsp3) is 0. The SMILES string of the molecule is c1ccc(-c2ccc(-c3nc(-c4cccc(-c5ccccc5)c4)nc(-n4c5ccccc5c5ccc6c(oc7cccc(-c8ccccc8)c76)c54)n3)cc2)cc1.c1ccc(-c2ccc(-c3nc(-c4cccc(-c5ccccc5)c4)nc(-n4c5ccccc5c5ccc6c7cc(-c8ccccc8)ccc7oc6c54)n3)cc2)cc1. The van der Waals surface area contributed by atoms with Crippen molar-refractivity contribution in [2.75, 3.05) is 0 Å². The summed E-state index contributed by atoms with van der Waals surface area (Å²) >= 11 is 0. The van der Waals surface area contributed by atoms with Crippen LogP contribution in [0.3, 0.4) is 0 Å². The van der Waals surface area contributed by atoms with E-state index in [-0.39, 0.29) is 0 Å². The monoisotopic (exact) mass is 1430 g/mol. The fourth-order valence-electron chi connectivity index (χ4n) is 16.0. The molecule has 10 nitrogen and oxygen atoms in total. The molecule has 0 saturated heterocycles. The summed E-state index contributed by atoms with van der Waals surface area (Å²) in [5.74, 6) is 3.39. The summed E-state index contributed by atoms with van der Waals surface area (Å²) in [6.45, 7) is 0. The number of benzene rings is 16. The van der Waals surface area contributed by atoms with Crippen LogP contribution in [-0.4, -0.2) is 39.0 Å². The van der Waals surface area contributed by atoms with Crippen LogP contribution < -0.4 is 0 Å². The van der Waals surface area contributed by atoms with Gasteiger partial charge < -0.3 is 8.83 Å². The first-order chi connectivity index (χ1) is 55.5. The van der Waals surface area contributed by atoms with E-state index < -0.39 is 0 Å². The van der Waals surface area contributed by atoms with Gasteiger partial charge >= 0.3 is 0 Å². The van der Waals surface area contributed by atoms with E-state index >= 15 is 0 Å². The van der Waals surface area contributed by atoms with Gasteiger partial charge in [-0.25, -0.2) is 9.97 Å². The third-order valence-corrected chi connectivity index (χ3v) is 21.4. The molecule has 0 aliphatic carbocycles. The Labute approximate surface area is 643 Å². The molecule has 0 bridgehead atoms. The van der Waals surface area contributed by atoms with Crippen molar-refractivity contribution >= 4 is 87.5 Å². The van der Waals surface area contributed by atoms with E-state index in [1.807, 2.05) is 36.4 Å². The van der Waals surface area contributed by atoms with Crippen LogP contribution >= 0.6 is 0 Å². The molecule has 0 atom stereocenters. The summed E-state index contributed by atoms with van der Waals surface area (Å²) in [5.41, 5.74) is 24.3. The average Bonchev–Trinajstić information content (AvgIpc) is 1.56. The molecule has 16 aromatic carbocycles. The highest BCUT2D eigenvalue weighted by molar-refractivity contribution is 6.24. The molecule has 22 aromatic rings. The van der Waals surface area contributed by atoms with Crippen molar-refractivity contribution in [3.8, 4) is 124 Å². The first kappa shape index (κ1) is 65.1. The highest BCUT2D eigenvalue weighted by Crippen LogP contribution is 2.45. The van der Waals surface area contributed by atoms with Crippen LogP contribution in [0.1, 0.15) is 0 Å². The van der Waals surface area contributed by atoms with E-state index in [9.17, 15) is 0 Å². The molecule has 0 N–H and O–H groups in total. The molecule has 0 aliphatic rings. The van der Waals surface area contributed by atoms with Crippen LogP contribution in [0.25, 0.3) is 212 Å². The van der Waals surface area contributed by atoms with E-state index in [4.69, 9.17) is 38.7 Å². The van der Waals surface area contributed by atoms with E-state index in [0.717, 1.165) is 177 Å². The Kier molecular flexibility index (Phi) is 16.0. The maximum Gasteiger partial charge on any atom is 0.238 e. The molecular weight excluding hydrogens is 1370 g/mol. The molecule has 0 radical (unpaired) electrons. The Hall–Kier alpha value is -15.3. The van der Waals surface area contributed by atoms with Crippen LogP contribution in [0.2, 0.25) is 0 Å². The van der Waals surface area contributed by atoms with Gasteiger partial charge in [0.05, 0.1) is 11.0 Å². The highest BCUT2D eigenvalue weighted by atomic mass is 16.3. The molecule has 112 heavy (non-hydrogen) atoms. The summed E-state index contributed by atoms with van der Waals surface area (Å²) in [5, 5.41) is 8.54. The molecule has 524 valence electrons. The summed E-state index contributed by atoms with van der Waals surface area (Å²) in [6, 6.07) is 135. The summed E-state index contributed by atoms with van der Waals surface area (Å²) in [4.78, 5) is 31.5. The molecule has 0 amide bonds. The smallest absolute Gasteiger partial charge is 0.238 e. The number of nitrogens with zero attached hydrogens (tertiary/aromatic N) is 8. The van der Waals surface area contributed by atoms with Gasteiger partial charge in [-0.1, -0.05) is 334 Å². The molecule has 0 spiro atoms. The molecule has 22 rings (SSSR count). The van der Waals surface area contributed by atoms with Gasteiger partial charge in [-0.15, -0.1) is 0 Å². The molecule has 6 aromatic heterocycles. The predicted molar refractivity (Wildman–Crippen MR) is 457 cm³/mol. The lowest BCUT2D eigenvalue weighted by atomic mass is 9.99. The third-order valence-electron chi connectivity index (χ3n) is 21.4. The fourth-order valence-corrected chi connectivity index (χ4v) is 16.0. The van der Waals surface area contributed by atoms with Crippen molar-refractivity contribution in [1.82, 2.24) is 39.0 Å². The van der Waals surface area contributed by atoms with Gasteiger partial charge in [-0.2, -0.15) is 19.9 Å². The summed E-state index contributed by atoms with van der Waals surface area (Å²) in [6.07, 6.45) is 0. The van der Waals surface area contributed by atoms with Crippen LogP contribution in [0.5, 0.6) is 0 Å². The van der Waals surface area contributed by atoms with Gasteiger partial charge in [0.15, 0.2) is 34.5 Å². The minimum absolute atomic E-state index is 0.518. The Bertz CT molecular complexity index is 7330. The van der Waals surface area contributed by atoms with E-state index in [1.165, 1.54) is 0 Å². The van der Waals surface area contributed by atoms with Crippen molar-refractivity contribution < 1.29 is 8.83 Å². The van der Waals surface area contributed by atoms with Gasteiger partial charge in [0.1, 0.15) is 22.2 Å². The maximum atomic E-state index is 6.88. The predicted octanol–water partition coefficient (Wildman–Crippen LogP) is 26.4. The second-order valence-electron chi connectivity index (χ2n) is 28.1. The minimum Gasteiger partial charge on any atom is -0.454 e. The number of fused-ring (bicyclic) bond motifs is 14. The van der Waals surface area contributed by atoms with Gasteiger partial charge in [-0.3, -0.25) is 9.13 Å². The van der Waals surface area contributed by atoms with Crippen molar-refractivity contribution in [3.63, 3.8) is 0 Å². The zero-order chi connectivity index (χ0) is 74.0.